The Kier molecular flexibility index (Phi) is 6.80. The number of carbonyl (C=O) groups excluding carboxylic acids is 1. The zero-order valence-corrected chi connectivity index (χ0v) is 21.2. The van der Waals surface area contributed by atoms with E-state index in [9.17, 15) is 19.8 Å². The van der Waals surface area contributed by atoms with Crippen molar-refractivity contribution in [3.05, 3.63) is 74.4 Å². The number of phenolic OH excluding ortho intramolecular Hbond substituents is 2. The lowest BCUT2D eigenvalue weighted by molar-refractivity contribution is -0.118. The Morgan fingerprint density at radius 1 is 1.19 bits per heavy atom. The molecule has 0 radical (unpaired) electrons. The molecule has 1 aliphatic rings. The lowest BCUT2D eigenvalue weighted by Gasteiger charge is -2.13. The van der Waals surface area contributed by atoms with Gasteiger partial charge in [0, 0.05) is 16.5 Å². The highest BCUT2D eigenvalue weighted by Crippen LogP contribution is 2.35. The molecule has 0 bridgehead atoms. The van der Waals surface area contributed by atoms with Crippen molar-refractivity contribution < 1.29 is 15.0 Å². The van der Waals surface area contributed by atoms with Crippen molar-refractivity contribution >= 4 is 45.4 Å². The Morgan fingerprint density at radius 3 is 2.75 bits per heavy atom. The smallest absolute Gasteiger partial charge is 0.267 e. The maximum absolute atomic E-state index is 13.7. The van der Waals surface area contributed by atoms with E-state index in [1.807, 2.05) is 31.2 Å². The molecule has 0 atom stereocenters. The Hall–Kier alpha value is -3.63. The van der Waals surface area contributed by atoms with Crippen LogP contribution in [0.4, 0.5) is 0 Å². The van der Waals surface area contributed by atoms with Crippen molar-refractivity contribution in [1.29, 1.82) is 0 Å². The van der Waals surface area contributed by atoms with Gasteiger partial charge in [0.25, 0.3) is 11.5 Å². The van der Waals surface area contributed by atoms with Crippen LogP contribution in [0.2, 0.25) is 0 Å². The highest BCUT2D eigenvalue weighted by Gasteiger charge is 2.23. The second-order valence-electron chi connectivity index (χ2n) is 8.59. The molecule has 0 saturated carbocycles. The number of carbonyl (C=O) groups is 1. The summed E-state index contributed by atoms with van der Waals surface area (Å²) in [5.41, 5.74) is 5.59. The van der Waals surface area contributed by atoms with Gasteiger partial charge in [-0.25, -0.2) is 10.4 Å². The Bertz CT molecular complexity index is 1540. The van der Waals surface area contributed by atoms with Gasteiger partial charge >= 0.3 is 0 Å². The summed E-state index contributed by atoms with van der Waals surface area (Å²) in [6, 6.07) is 11.8. The molecule has 3 N–H and O–H groups in total. The summed E-state index contributed by atoms with van der Waals surface area (Å²) in [6.45, 7) is 1.99. The maximum Gasteiger partial charge on any atom is 0.267 e. The molecular weight excluding hydrogens is 496 g/mol. The lowest BCUT2D eigenvalue weighted by atomic mass is 9.97. The first-order valence-corrected chi connectivity index (χ1v) is 13.3. The zero-order valence-electron chi connectivity index (χ0n) is 19.5. The molecule has 0 aliphatic heterocycles. The van der Waals surface area contributed by atoms with E-state index in [0.717, 1.165) is 41.6 Å². The number of hydrogen-bond donors (Lipinski definition) is 3. The predicted molar refractivity (Wildman–Crippen MR) is 143 cm³/mol. The largest absolute Gasteiger partial charge is 0.508 e. The second kappa shape index (κ2) is 10.2. The zero-order chi connectivity index (χ0) is 25.2. The molecule has 0 saturated heterocycles. The van der Waals surface area contributed by atoms with Gasteiger partial charge in [0.05, 0.1) is 23.0 Å². The van der Waals surface area contributed by atoms with Crippen molar-refractivity contribution in [2.24, 2.45) is 5.10 Å². The maximum atomic E-state index is 13.7. The number of hydrazone groups is 1. The molecule has 2 heterocycles. The molecule has 10 heteroatoms. The van der Waals surface area contributed by atoms with Gasteiger partial charge in [0.2, 0.25) is 0 Å². The molecular formula is C26H24N4O4S2. The number of aryl methyl sites for hydroxylation is 3. The Morgan fingerprint density at radius 2 is 1.97 bits per heavy atom. The molecule has 0 unspecified atom stereocenters. The van der Waals surface area contributed by atoms with E-state index < -0.39 is 0 Å². The Labute approximate surface area is 215 Å². The fourth-order valence-corrected chi connectivity index (χ4v) is 6.29. The van der Waals surface area contributed by atoms with E-state index in [-0.39, 0.29) is 28.7 Å². The molecule has 8 nitrogen and oxygen atoms in total. The quantitative estimate of drug-likeness (QED) is 0.151. The van der Waals surface area contributed by atoms with E-state index >= 15 is 0 Å². The van der Waals surface area contributed by atoms with Crippen molar-refractivity contribution in [3.8, 4) is 17.2 Å². The number of hydrogen-bond acceptors (Lipinski definition) is 8. The summed E-state index contributed by atoms with van der Waals surface area (Å²) in [7, 11) is 0. The minimum Gasteiger partial charge on any atom is -0.508 e. The molecule has 2 aromatic heterocycles. The second-order valence-corrected chi connectivity index (χ2v) is 10.6. The van der Waals surface area contributed by atoms with E-state index in [0.29, 0.717) is 21.8 Å². The SMILES string of the molecule is Cc1ccc(-n2c(SCC(=O)NN=Cc3ccc(O)cc3O)nc3sc4c(c3c2=O)CCCC4)cc1. The molecule has 1 aliphatic carbocycles. The van der Waals surface area contributed by atoms with Gasteiger partial charge in [0.15, 0.2) is 5.16 Å². The van der Waals surface area contributed by atoms with Crippen LogP contribution in [-0.2, 0) is 17.6 Å². The molecule has 0 spiro atoms. The minimum absolute atomic E-state index is 0.00615. The van der Waals surface area contributed by atoms with Gasteiger partial charge in [-0.2, -0.15) is 5.10 Å². The van der Waals surface area contributed by atoms with Crippen molar-refractivity contribution in [2.45, 2.75) is 37.8 Å². The number of thiophene rings is 1. The van der Waals surface area contributed by atoms with Crippen molar-refractivity contribution in [1.82, 2.24) is 15.0 Å². The normalized spacial score (nSPS) is 13.2. The standard InChI is InChI=1S/C26H24N4O4S2/c1-15-6-9-17(10-7-15)30-25(34)23-19-4-2-3-5-21(19)36-24(23)28-26(30)35-14-22(33)29-27-13-16-8-11-18(31)12-20(16)32/h6-13,31-32H,2-5,14H2,1H3,(H,29,33). The summed E-state index contributed by atoms with van der Waals surface area (Å²) >= 11 is 2.75. The molecule has 4 aromatic rings. The average Bonchev–Trinajstić information content (AvgIpc) is 3.23. The van der Waals surface area contributed by atoms with E-state index in [2.05, 4.69) is 10.5 Å². The van der Waals surface area contributed by atoms with Crippen LogP contribution in [-0.4, -0.2) is 37.6 Å². The highest BCUT2D eigenvalue weighted by molar-refractivity contribution is 7.99. The molecule has 36 heavy (non-hydrogen) atoms. The summed E-state index contributed by atoms with van der Waals surface area (Å²) in [5.74, 6) is -0.612. The van der Waals surface area contributed by atoms with Gasteiger partial charge in [0.1, 0.15) is 16.3 Å². The first-order valence-electron chi connectivity index (χ1n) is 11.5. The Balaban J connectivity index is 1.42. The molecule has 0 fully saturated rings. The number of nitrogens with zero attached hydrogens (tertiary/aromatic N) is 3. The van der Waals surface area contributed by atoms with Gasteiger partial charge in [-0.1, -0.05) is 29.5 Å². The highest BCUT2D eigenvalue weighted by atomic mass is 32.2. The monoisotopic (exact) mass is 520 g/mol. The number of nitrogens with one attached hydrogen (secondary N) is 1. The lowest BCUT2D eigenvalue weighted by Crippen LogP contribution is -2.24. The van der Waals surface area contributed by atoms with Crippen LogP contribution in [0.25, 0.3) is 15.9 Å². The van der Waals surface area contributed by atoms with E-state index in [4.69, 9.17) is 4.98 Å². The topological polar surface area (TPSA) is 117 Å². The minimum atomic E-state index is -0.384. The average molecular weight is 521 g/mol. The van der Waals surface area contributed by atoms with Crippen LogP contribution >= 0.6 is 23.1 Å². The first kappa shape index (κ1) is 24.1. The van der Waals surface area contributed by atoms with Crippen molar-refractivity contribution in [2.75, 3.05) is 5.75 Å². The molecule has 5 rings (SSSR count). The number of thioether (sulfide) groups is 1. The summed E-state index contributed by atoms with van der Waals surface area (Å²) < 4.78 is 1.60. The number of phenols is 2. The van der Waals surface area contributed by atoms with Crippen LogP contribution in [0.15, 0.2) is 57.5 Å². The molecule has 1 amide bonds. The third-order valence-electron chi connectivity index (χ3n) is 5.99. The van der Waals surface area contributed by atoms with Crippen LogP contribution in [0.1, 0.15) is 34.4 Å². The van der Waals surface area contributed by atoms with Crippen LogP contribution in [0, 0.1) is 6.92 Å². The van der Waals surface area contributed by atoms with Gasteiger partial charge in [-0.15, -0.1) is 11.3 Å². The number of rotatable bonds is 6. The van der Waals surface area contributed by atoms with Crippen LogP contribution in [0.3, 0.4) is 0 Å². The molecule has 184 valence electrons. The van der Waals surface area contributed by atoms with E-state index in [1.165, 1.54) is 41.1 Å². The number of fused-ring (bicyclic) bond motifs is 3. The first-order chi connectivity index (χ1) is 17.4. The van der Waals surface area contributed by atoms with Gasteiger partial charge < -0.3 is 10.2 Å². The number of aromatic nitrogens is 2. The number of amides is 1. The predicted octanol–water partition coefficient (Wildman–Crippen LogP) is 4.29. The fraction of sp³-hybridized carbons (Fsp3) is 0.231. The van der Waals surface area contributed by atoms with Gasteiger partial charge in [-0.05, 0) is 62.4 Å². The third kappa shape index (κ3) is 4.87. The third-order valence-corrected chi connectivity index (χ3v) is 8.11. The van der Waals surface area contributed by atoms with E-state index in [1.54, 1.807) is 15.9 Å². The number of benzene rings is 2. The summed E-state index contributed by atoms with van der Waals surface area (Å²) in [4.78, 5) is 33.0. The van der Waals surface area contributed by atoms with Crippen LogP contribution < -0.4 is 11.0 Å². The summed E-state index contributed by atoms with van der Waals surface area (Å²) in [6.07, 6.45) is 5.35. The fourth-order valence-electron chi connectivity index (χ4n) is 4.18. The van der Waals surface area contributed by atoms with Crippen LogP contribution in [0.5, 0.6) is 11.5 Å². The summed E-state index contributed by atoms with van der Waals surface area (Å²) in [5, 5.41) is 24.2. The van der Waals surface area contributed by atoms with Gasteiger partial charge in [-0.3, -0.25) is 14.2 Å². The van der Waals surface area contributed by atoms with Crippen molar-refractivity contribution in [3.63, 3.8) is 0 Å². The molecule has 2 aromatic carbocycles. The number of aromatic hydroxyl groups is 2.